The molecule has 0 saturated carbocycles. The van der Waals surface area contributed by atoms with E-state index in [1.807, 2.05) is 0 Å². The van der Waals surface area contributed by atoms with Gasteiger partial charge in [0.15, 0.2) is 5.82 Å². The Morgan fingerprint density at radius 2 is 2.04 bits per heavy atom. The number of anilines is 1. The normalized spacial score (nSPS) is 13.3. The van der Waals surface area contributed by atoms with Crippen LogP contribution in [-0.4, -0.2) is 45.6 Å². The number of amides is 3. The largest absolute Gasteiger partial charge is 0.340 e. The second-order valence-electron chi connectivity index (χ2n) is 5.20. The molecule has 1 N–H and O–H groups in total. The fourth-order valence-electron chi connectivity index (χ4n) is 2.27. The van der Waals surface area contributed by atoms with Crippen LogP contribution in [0.15, 0.2) is 22.7 Å². The van der Waals surface area contributed by atoms with Gasteiger partial charge in [-0.3, -0.25) is 19.3 Å². The van der Waals surface area contributed by atoms with Gasteiger partial charge in [-0.2, -0.15) is 4.98 Å². The average molecular weight is 346 g/mol. The summed E-state index contributed by atoms with van der Waals surface area (Å²) in [7, 11) is 1.43. The summed E-state index contributed by atoms with van der Waals surface area (Å²) < 4.78 is 4.85. The van der Waals surface area contributed by atoms with Crippen LogP contribution in [0.2, 0.25) is 0 Å². The van der Waals surface area contributed by atoms with Gasteiger partial charge >= 0.3 is 0 Å². The molecule has 0 spiro atoms. The van der Waals surface area contributed by atoms with E-state index < -0.39 is 0 Å². The lowest BCUT2D eigenvalue weighted by Gasteiger charge is -2.05. The van der Waals surface area contributed by atoms with Crippen molar-refractivity contribution < 1.29 is 18.9 Å². The van der Waals surface area contributed by atoms with Gasteiger partial charge in [-0.05, 0) is 18.2 Å². The number of hydrogen-bond donors (Lipinski definition) is 1. The lowest BCUT2D eigenvalue weighted by Crippen LogP contribution is -2.24. The second kappa shape index (κ2) is 6.44. The van der Waals surface area contributed by atoms with Gasteiger partial charge in [-0.1, -0.05) is 5.16 Å². The standard InChI is InChI=1S/C15H14N4O4S/c1-8-16-12(18-23-8)6-24-7-13(20)17-9-3-4-10-11(5-9)15(22)19(2)14(10)21/h3-5H,6-7H2,1-2H3,(H,17,20). The van der Waals surface area contributed by atoms with Gasteiger partial charge in [0.2, 0.25) is 11.8 Å². The Morgan fingerprint density at radius 3 is 2.75 bits per heavy atom. The summed E-state index contributed by atoms with van der Waals surface area (Å²) in [6.45, 7) is 1.70. The minimum atomic E-state index is -0.368. The van der Waals surface area contributed by atoms with Gasteiger partial charge in [0.25, 0.3) is 11.8 Å². The number of hydrogen-bond acceptors (Lipinski definition) is 7. The first-order valence-electron chi connectivity index (χ1n) is 7.09. The zero-order valence-corrected chi connectivity index (χ0v) is 13.8. The molecule has 0 saturated heterocycles. The maximum atomic E-state index is 12.0. The molecule has 0 fully saturated rings. The van der Waals surface area contributed by atoms with E-state index in [-0.39, 0.29) is 23.5 Å². The third-order valence-electron chi connectivity index (χ3n) is 3.41. The number of carbonyl (C=O) groups excluding carboxylic acids is 3. The van der Waals surface area contributed by atoms with Crippen molar-refractivity contribution in [2.75, 3.05) is 18.1 Å². The summed E-state index contributed by atoms with van der Waals surface area (Å²) in [5, 5.41) is 6.45. The smallest absolute Gasteiger partial charge is 0.261 e. The van der Waals surface area contributed by atoms with Crippen molar-refractivity contribution in [2.45, 2.75) is 12.7 Å². The minimum absolute atomic E-state index is 0.206. The Morgan fingerprint density at radius 1 is 1.29 bits per heavy atom. The lowest BCUT2D eigenvalue weighted by atomic mass is 10.1. The Bertz CT molecular complexity index is 833. The molecule has 2 heterocycles. The highest BCUT2D eigenvalue weighted by molar-refractivity contribution is 7.99. The topological polar surface area (TPSA) is 105 Å². The van der Waals surface area contributed by atoms with Gasteiger partial charge in [0.1, 0.15) is 0 Å². The molecular formula is C15H14N4O4S. The Kier molecular flexibility index (Phi) is 4.34. The highest BCUT2D eigenvalue weighted by atomic mass is 32.2. The molecule has 1 aromatic heterocycles. The fraction of sp³-hybridized carbons (Fsp3) is 0.267. The molecule has 1 aliphatic rings. The molecule has 0 unspecified atom stereocenters. The molecule has 0 atom stereocenters. The van der Waals surface area contributed by atoms with E-state index in [4.69, 9.17) is 4.52 Å². The van der Waals surface area contributed by atoms with E-state index in [0.29, 0.717) is 34.3 Å². The zero-order chi connectivity index (χ0) is 17.3. The monoisotopic (exact) mass is 346 g/mol. The number of imide groups is 1. The third-order valence-corrected chi connectivity index (χ3v) is 4.34. The van der Waals surface area contributed by atoms with Crippen molar-refractivity contribution in [1.29, 1.82) is 0 Å². The maximum absolute atomic E-state index is 12.0. The first-order chi connectivity index (χ1) is 11.5. The highest BCUT2D eigenvalue weighted by Crippen LogP contribution is 2.24. The molecule has 3 amide bonds. The predicted molar refractivity (Wildman–Crippen MR) is 86.7 cm³/mol. The van der Waals surface area contributed by atoms with Crippen molar-refractivity contribution >= 4 is 35.2 Å². The van der Waals surface area contributed by atoms with Gasteiger partial charge in [-0.25, -0.2) is 0 Å². The van der Waals surface area contributed by atoms with Crippen molar-refractivity contribution in [3.05, 3.63) is 41.0 Å². The summed E-state index contributed by atoms with van der Waals surface area (Å²) in [5.41, 5.74) is 1.13. The average Bonchev–Trinajstić information content (AvgIpc) is 3.05. The molecule has 3 rings (SSSR count). The molecule has 124 valence electrons. The zero-order valence-electron chi connectivity index (χ0n) is 13.0. The summed E-state index contributed by atoms with van der Waals surface area (Å²) in [6.07, 6.45) is 0. The van der Waals surface area contributed by atoms with Crippen LogP contribution in [0, 0.1) is 6.92 Å². The number of aromatic nitrogens is 2. The van der Waals surface area contributed by atoms with Gasteiger partial charge in [-0.15, -0.1) is 11.8 Å². The van der Waals surface area contributed by atoms with E-state index in [1.54, 1.807) is 19.1 Å². The minimum Gasteiger partial charge on any atom is -0.340 e. The third kappa shape index (κ3) is 3.16. The van der Waals surface area contributed by atoms with Crippen LogP contribution in [0.4, 0.5) is 5.69 Å². The molecule has 0 bridgehead atoms. The predicted octanol–water partition coefficient (Wildman–Crippen LogP) is 1.48. The molecule has 0 aliphatic carbocycles. The van der Waals surface area contributed by atoms with Crippen LogP contribution >= 0.6 is 11.8 Å². The summed E-state index contributed by atoms with van der Waals surface area (Å²) in [5.74, 6) is 0.772. The van der Waals surface area contributed by atoms with Gasteiger partial charge in [0, 0.05) is 19.7 Å². The van der Waals surface area contributed by atoms with E-state index in [9.17, 15) is 14.4 Å². The van der Waals surface area contributed by atoms with E-state index in [0.717, 1.165) is 4.90 Å². The number of benzene rings is 1. The van der Waals surface area contributed by atoms with Gasteiger partial charge in [0.05, 0.1) is 22.6 Å². The summed E-state index contributed by atoms with van der Waals surface area (Å²) in [6, 6.07) is 4.67. The van der Waals surface area contributed by atoms with Crippen molar-refractivity contribution in [1.82, 2.24) is 15.0 Å². The van der Waals surface area contributed by atoms with Gasteiger partial charge < -0.3 is 9.84 Å². The first-order valence-corrected chi connectivity index (χ1v) is 8.24. The number of thioether (sulfide) groups is 1. The van der Waals surface area contributed by atoms with Crippen LogP contribution in [-0.2, 0) is 10.5 Å². The SMILES string of the molecule is Cc1nc(CSCC(=O)Nc2ccc3c(c2)C(=O)N(C)C3=O)no1. The molecule has 24 heavy (non-hydrogen) atoms. The van der Waals surface area contributed by atoms with E-state index in [2.05, 4.69) is 15.5 Å². The number of rotatable bonds is 5. The molecule has 8 nitrogen and oxygen atoms in total. The number of aryl methyl sites for hydroxylation is 1. The summed E-state index contributed by atoms with van der Waals surface area (Å²) in [4.78, 5) is 40.8. The number of fused-ring (bicyclic) bond motifs is 1. The number of nitrogens with one attached hydrogen (secondary N) is 1. The van der Waals surface area contributed by atoms with Crippen molar-refractivity contribution in [2.24, 2.45) is 0 Å². The maximum Gasteiger partial charge on any atom is 0.261 e. The van der Waals surface area contributed by atoms with E-state index in [1.165, 1.54) is 24.9 Å². The fourth-order valence-corrected chi connectivity index (χ4v) is 2.93. The van der Waals surface area contributed by atoms with Crippen LogP contribution in [0.25, 0.3) is 0 Å². The first kappa shape index (κ1) is 16.2. The van der Waals surface area contributed by atoms with Crippen LogP contribution in [0.5, 0.6) is 0 Å². The van der Waals surface area contributed by atoms with Crippen LogP contribution in [0.1, 0.15) is 32.4 Å². The number of carbonyl (C=O) groups is 3. The van der Waals surface area contributed by atoms with Crippen molar-refractivity contribution in [3.63, 3.8) is 0 Å². The molecule has 2 aromatic rings. The Balaban J connectivity index is 1.57. The lowest BCUT2D eigenvalue weighted by molar-refractivity contribution is -0.113. The number of nitrogens with zero attached hydrogens (tertiary/aromatic N) is 3. The van der Waals surface area contributed by atoms with Crippen LogP contribution in [0.3, 0.4) is 0 Å². The molecule has 0 radical (unpaired) electrons. The molecule has 1 aliphatic heterocycles. The molecule has 1 aromatic carbocycles. The second-order valence-corrected chi connectivity index (χ2v) is 6.19. The molecular weight excluding hydrogens is 332 g/mol. The molecule has 9 heteroatoms. The summed E-state index contributed by atoms with van der Waals surface area (Å²) >= 11 is 1.35. The quantitative estimate of drug-likeness (QED) is 0.817. The highest BCUT2D eigenvalue weighted by Gasteiger charge is 2.32. The van der Waals surface area contributed by atoms with Crippen LogP contribution < -0.4 is 5.32 Å². The van der Waals surface area contributed by atoms with E-state index >= 15 is 0 Å². The Hall–Kier alpha value is -2.68. The van der Waals surface area contributed by atoms with Crippen molar-refractivity contribution in [3.8, 4) is 0 Å². The Labute approximate surface area is 141 Å².